The van der Waals surface area contributed by atoms with Gasteiger partial charge in [0.25, 0.3) is 0 Å². The molecule has 0 spiro atoms. The third-order valence-corrected chi connectivity index (χ3v) is 7.92. The highest BCUT2D eigenvalue weighted by atomic mass is 16.6. The number of nitrogens with two attached hydrogens (primary N) is 1. The van der Waals surface area contributed by atoms with Crippen LogP contribution in [0.3, 0.4) is 0 Å². The molecule has 0 saturated heterocycles. The number of nitrogens with one attached hydrogen (secondary N) is 1. The summed E-state index contributed by atoms with van der Waals surface area (Å²) in [6.45, 7) is 8.98. The summed E-state index contributed by atoms with van der Waals surface area (Å²) >= 11 is 0. The first-order valence-electron chi connectivity index (χ1n) is 13.9. The molecule has 6 atom stereocenters. The molecule has 41 heavy (non-hydrogen) atoms. The number of ether oxygens (including phenoxy) is 4. The molecule has 0 radical (unpaired) electrons. The van der Waals surface area contributed by atoms with E-state index in [1.807, 2.05) is 13.8 Å². The van der Waals surface area contributed by atoms with Crippen molar-refractivity contribution in [2.75, 3.05) is 21.3 Å². The molecule has 11 nitrogen and oxygen atoms in total. The smallest absolute Gasteiger partial charge is 0.405 e. The molecule has 2 amide bonds. The number of allylic oxidation sites excluding steroid dienone is 2. The molecule has 0 aromatic heterocycles. The molecule has 2 aliphatic rings. The number of carbonyl (C=O) groups is 4. The van der Waals surface area contributed by atoms with Gasteiger partial charge in [-0.2, -0.15) is 0 Å². The van der Waals surface area contributed by atoms with E-state index in [0.717, 1.165) is 6.08 Å². The van der Waals surface area contributed by atoms with Crippen molar-refractivity contribution in [2.24, 2.45) is 23.0 Å². The number of hydrogen-bond acceptors (Lipinski definition) is 9. The summed E-state index contributed by atoms with van der Waals surface area (Å²) in [6, 6.07) is 0. The minimum atomic E-state index is -0.956. The van der Waals surface area contributed by atoms with Crippen molar-refractivity contribution in [1.29, 1.82) is 0 Å². The molecule has 4 N–H and O–H groups in total. The van der Waals surface area contributed by atoms with Gasteiger partial charge in [0, 0.05) is 37.2 Å². The Hall–Kier alpha value is -3.02. The normalized spacial score (nSPS) is 32.0. The van der Waals surface area contributed by atoms with Gasteiger partial charge in [-0.3, -0.25) is 14.4 Å². The number of rotatable bonds is 4. The molecule has 2 bridgehead atoms. The number of ketones is 2. The Kier molecular flexibility index (Phi) is 12.3. The predicted octanol–water partition coefficient (Wildman–Crippen LogP) is 3.10. The largest absolute Gasteiger partial charge is 0.492 e. The Bertz CT molecular complexity index is 1090. The fourth-order valence-corrected chi connectivity index (χ4v) is 5.46. The Morgan fingerprint density at radius 2 is 1.73 bits per heavy atom. The maximum absolute atomic E-state index is 13.5. The first kappa shape index (κ1) is 34.2. The summed E-state index contributed by atoms with van der Waals surface area (Å²) in [6.07, 6.45) is 0.891. The third-order valence-electron chi connectivity index (χ3n) is 7.92. The lowest BCUT2D eigenvalue weighted by molar-refractivity contribution is -0.130. The Morgan fingerprint density at radius 1 is 1.10 bits per heavy atom. The van der Waals surface area contributed by atoms with Crippen LogP contribution in [0.5, 0.6) is 0 Å². The molecule has 1 heterocycles. The molecule has 2 rings (SSSR count). The quantitative estimate of drug-likeness (QED) is 0.336. The van der Waals surface area contributed by atoms with Crippen LogP contribution in [0.1, 0.15) is 66.7 Å². The zero-order valence-electron chi connectivity index (χ0n) is 25.4. The zero-order chi connectivity index (χ0) is 31.1. The monoisotopic (exact) mass is 578 g/mol. The minimum absolute atomic E-state index is 0.0578. The number of fused-ring (bicyclic) bond motifs is 2. The van der Waals surface area contributed by atoms with Crippen LogP contribution < -0.4 is 11.1 Å². The van der Waals surface area contributed by atoms with Gasteiger partial charge in [-0.1, -0.05) is 33.8 Å². The fraction of sp³-hybridized carbons (Fsp3) is 0.667. The van der Waals surface area contributed by atoms with Crippen LogP contribution >= 0.6 is 0 Å². The molecule has 0 aromatic rings. The topological polar surface area (TPSA) is 163 Å². The van der Waals surface area contributed by atoms with Gasteiger partial charge in [-0.25, -0.2) is 4.79 Å². The van der Waals surface area contributed by atoms with Gasteiger partial charge in [-0.15, -0.1) is 0 Å². The molecular formula is C30H46N2O9. The van der Waals surface area contributed by atoms with Gasteiger partial charge in [0.15, 0.2) is 11.9 Å². The molecule has 1 aliphatic carbocycles. The maximum Gasteiger partial charge on any atom is 0.405 e. The summed E-state index contributed by atoms with van der Waals surface area (Å²) in [4.78, 5) is 51.4. The number of aliphatic hydroxyl groups is 1. The van der Waals surface area contributed by atoms with E-state index in [1.165, 1.54) is 21.3 Å². The van der Waals surface area contributed by atoms with Gasteiger partial charge in [0.1, 0.15) is 0 Å². The van der Waals surface area contributed by atoms with Crippen LogP contribution in [0.4, 0.5) is 4.79 Å². The zero-order valence-corrected chi connectivity index (χ0v) is 25.4. The van der Waals surface area contributed by atoms with E-state index in [9.17, 15) is 24.3 Å². The van der Waals surface area contributed by atoms with Crippen LogP contribution in [-0.2, 0) is 33.3 Å². The van der Waals surface area contributed by atoms with Crippen molar-refractivity contribution in [3.05, 3.63) is 34.8 Å². The summed E-state index contributed by atoms with van der Waals surface area (Å²) < 4.78 is 22.0. The molecule has 0 saturated carbocycles. The summed E-state index contributed by atoms with van der Waals surface area (Å²) in [5, 5.41) is 13.9. The van der Waals surface area contributed by atoms with Crippen molar-refractivity contribution in [3.63, 3.8) is 0 Å². The standard InChI is InChI=1S/C30H46N2O9/c1-16-12-19-25(35)20(15-21(33)27(19)40-8)32-28(36)30(4,5)11-9-10-22(38-6)26(41-29(31)37)18(3)14-17(2)24(34)23(13-16)39-7/h14-17,22-24,26,34H,9-13H2,1-8H3,(H2,31,37)(H,32,36)/b18-14+/t16-,17+,22+,23+,24-,26+/m1/s1. The fourth-order valence-electron chi connectivity index (χ4n) is 5.46. The van der Waals surface area contributed by atoms with Crippen molar-refractivity contribution in [2.45, 2.75) is 91.1 Å². The number of hydrogen-bond donors (Lipinski definition) is 3. The highest BCUT2D eigenvalue weighted by Crippen LogP contribution is 2.31. The highest BCUT2D eigenvalue weighted by molar-refractivity contribution is 6.22. The Morgan fingerprint density at radius 3 is 2.29 bits per heavy atom. The first-order chi connectivity index (χ1) is 19.2. The van der Waals surface area contributed by atoms with Crippen LogP contribution in [0.2, 0.25) is 0 Å². The highest BCUT2D eigenvalue weighted by Gasteiger charge is 2.36. The lowest BCUT2D eigenvalue weighted by Gasteiger charge is -2.30. The SMILES string of the molecule is COC1=C2C[C@@H](C)C[C@H](OC)[C@H](O)[C@@H](C)/C=C(\C)[C@H](OC(N)=O)[C@@H](OC)CCCC(C)(C)C(=O)NC(=CC1=O)C2=O. The minimum Gasteiger partial charge on any atom is -0.492 e. The Labute approximate surface area is 242 Å². The van der Waals surface area contributed by atoms with Crippen molar-refractivity contribution >= 4 is 23.6 Å². The van der Waals surface area contributed by atoms with Gasteiger partial charge < -0.3 is 35.1 Å². The van der Waals surface area contributed by atoms with Crippen molar-refractivity contribution in [3.8, 4) is 0 Å². The second-order valence-corrected chi connectivity index (χ2v) is 11.7. The van der Waals surface area contributed by atoms with Crippen LogP contribution in [0.15, 0.2) is 34.8 Å². The van der Waals surface area contributed by atoms with E-state index < -0.39 is 59.3 Å². The number of Topliss-reactive ketones (excluding diaryl/α,β-unsaturated/α-hetero) is 1. The average molecular weight is 579 g/mol. The van der Waals surface area contributed by atoms with Gasteiger partial charge in [0.2, 0.25) is 17.5 Å². The molecule has 0 unspecified atom stereocenters. The summed E-state index contributed by atoms with van der Waals surface area (Å²) in [5.74, 6) is -2.08. The van der Waals surface area contributed by atoms with E-state index >= 15 is 0 Å². The number of amides is 2. The number of aliphatic hydroxyl groups excluding tert-OH is 1. The predicted molar refractivity (Wildman–Crippen MR) is 151 cm³/mol. The van der Waals surface area contributed by atoms with E-state index in [-0.39, 0.29) is 29.4 Å². The van der Waals surface area contributed by atoms with E-state index in [4.69, 9.17) is 24.7 Å². The van der Waals surface area contributed by atoms with Crippen LogP contribution in [0.25, 0.3) is 0 Å². The van der Waals surface area contributed by atoms with Crippen molar-refractivity contribution < 1.29 is 43.2 Å². The lowest BCUT2D eigenvalue weighted by atomic mass is 9.84. The van der Waals surface area contributed by atoms with Gasteiger partial charge in [-0.05, 0) is 50.5 Å². The average Bonchev–Trinajstić information content (AvgIpc) is 2.90. The molecule has 11 heteroatoms. The van der Waals surface area contributed by atoms with E-state index in [1.54, 1.807) is 26.8 Å². The third kappa shape index (κ3) is 8.73. The second-order valence-electron chi connectivity index (χ2n) is 11.7. The van der Waals surface area contributed by atoms with Gasteiger partial charge in [0.05, 0.1) is 31.1 Å². The summed E-state index contributed by atoms with van der Waals surface area (Å²) in [7, 11) is 4.32. The molecular weight excluding hydrogens is 532 g/mol. The van der Waals surface area contributed by atoms with E-state index in [0.29, 0.717) is 31.3 Å². The molecule has 1 aliphatic heterocycles. The van der Waals surface area contributed by atoms with Crippen molar-refractivity contribution in [1.82, 2.24) is 5.32 Å². The number of methoxy groups -OCH3 is 3. The number of carbonyl (C=O) groups excluding carboxylic acids is 4. The number of primary amides is 1. The summed E-state index contributed by atoms with van der Waals surface area (Å²) in [5.41, 5.74) is 5.19. The van der Waals surface area contributed by atoms with Gasteiger partial charge >= 0.3 is 6.09 Å². The molecule has 230 valence electrons. The van der Waals surface area contributed by atoms with Crippen LogP contribution in [-0.4, -0.2) is 74.4 Å². The molecule has 0 fully saturated rings. The van der Waals surface area contributed by atoms with E-state index in [2.05, 4.69) is 5.32 Å². The Balaban J connectivity index is 2.54. The maximum atomic E-state index is 13.5. The van der Waals surface area contributed by atoms with Crippen LogP contribution in [0, 0.1) is 17.3 Å². The lowest BCUT2D eigenvalue weighted by Crippen LogP contribution is -2.40. The second kappa shape index (κ2) is 14.7. The first-order valence-corrected chi connectivity index (χ1v) is 13.9. The molecule has 0 aromatic carbocycles.